The predicted octanol–water partition coefficient (Wildman–Crippen LogP) is 24.1. The third kappa shape index (κ3) is 23.3. The van der Waals surface area contributed by atoms with Gasteiger partial charge in [-0.25, -0.2) is 38.1 Å². The molecule has 0 saturated heterocycles. The summed E-state index contributed by atoms with van der Waals surface area (Å²) in [7, 11) is -14.4. The lowest BCUT2D eigenvalue weighted by atomic mass is 9.61. The Morgan fingerprint density at radius 2 is 0.734 bits per heavy atom. The van der Waals surface area contributed by atoms with E-state index in [0.717, 1.165) is 177 Å². The number of aliphatic hydroxyl groups excluding tert-OH is 4. The van der Waals surface area contributed by atoms with Gasteiger partial charge in [-0.05, 0) is 354 Å². The minimum atomic E-state index is -4.48. The maximum absolute atomic E-state index is 14.6. The van der Waals surface area contributed by atoms with Crippen molar-refractivity contribution in [3.63, 3.8) is 0 Å². The molecule has 0 heterocycles. The fourth-order valence-corrected chi connectivity index (χ4v) is 26.7. The van der Waals surface area contributed by atoms with Crippen LogP contribution in [0.25, 0.3) is 0 Å². The van der Waals surface area contributed by atoms with Gasteiger partial charge in [0.25, 0.3) is 0 Å². The Balaban J connectivity index is 0.000000173. The number of halogens is 3. The lowest BCUT2D eigenvalue weighted by molar-refractivity contribution is 0.112. The van der Waals surface area contributed by atoms with E-state index < -0.39 is 59.1 Å². The standard InChI is InChI=1S/C27H40O3S.C27H42O3S.C26H39FO3S.C25H34F2O3S/c1-19-7-10-23(28)18-22(19)9-8-21-6-5-14-26(3)24(11-12-25(21)26)20(2)13-15-27(16-17-27)31(4,29)30;1-19-9-12-23(28)18-22(19)11-10-21-8-7-16-27(5)24(13-14-25(21)27)20(2)15-17-26(3,4)31(6,29)30;1-18-8-11-22(28)17-21(18)10-9-20-7-6-15-25(3)23(12-13-24(20)25)19(2)14-16-26(4,27)31(5,29)30;1-17-7-10-21(28)16-20(17)9-8-19-6-5-14-24(3)22(11-12-23(19)24)18(2)13-15-25(26,27)31(4,29)30/h8-9,13,15,20,23-25,28H,1,5-7,10-12,14,16-18H2,2-4H3;10-11,15,17,20,23-25,28H,1,7-9,12-14,16,18H2,2-6H3;9-10,14,16,19,22-24,28H,1,6-8,11-13,15,17H2,2-5H3;8-9,11,13,15,18,21,23,28H,1,5-7,10,12,14,16H2,2-4H3/b15-13+,21-8+,22-9-;17-15+,21-10+,22-11-;16-14+,20-9+,21-10-;15-13+,19-8+,20-9-/t20-,23+,24?,25+,26-;20?,23-,24?,25-,27+;19?,22-,23?,24-,25+,26+;18-,21+,23+,24-/m1001/s1. The molecule has 0 aromatic rings. The number of alkyl halides is 3. The summed E-state index contributed by atoms with van der Waals surface area (Å²) in [5.41, 5.74) is 17.0. The molecular weight excluding hydrogens is 1640 g/mol. The summed E-state index contributed by atoms with van der Waals surface area (Å²) in [5, 5.41) is 33.9. The number of rotatable bonds is 20. The number of fused-ring (bicyclic) bond motifs is 4. The van der Waals surface area contributed by atoms with Crippen molar-refractivity contribution in [1.29, 1.82) is 0 Å². The van der Waals surface area contributed by atoms with Crippen molar-refractivity contribution < 1.29 is 67.3 Å². The molecule has 12 saturated carbocycles. The monoisotopic (exact) mass is 1790 g/mol. The third-order valence-electron chi connectivity index (χ3n) is 33.3. The van der Waals surface area contributed by atoms with Gasteiger partial charge < -0.3 is 20.4 Å². The second-order valence-electron chi connectivity index (χ2n) is 42.3. The predicted molar refractivity (Wildman–Crippen MR) is 506 cm³/mol. The van der Waals surface area contributed by atoms with Gasteiger partial charge >= 0.3 is 5.25 Å². The highest BCUT2D eigenvalue weighted by Crippen LogP contribution is 2.64. The quantitative estimate of drug-likeness (QED) is 0.0837. The Labute approximate surface area is 747 Å². The fraction of sp³-hybridized carbons (Fsp3) is 0.676. The van der Waals surface area contributed by atoms with Gasteiger partial charge in [0, 0.05) is 25.0 Å². The minimum Gasteiger partial charge on any atom is -0.393 e. The Morgan fingerprint density at radius 1 is 0.403 bits per heavy atom. The van der Waals surface area contributed by atoms with Crippen LogP contribution in [0.15, 0.2) is 202 Å². The zero-order valence-corrected chi connectivity index (χ0v) is 81.2. The van der Waals surface area contributed by atoms with E-state index in [-0.39, 0.29) is 57.9 Å². The second-order valence-corrected chi connectivity index (χ2v) is 51.7. The second kappa shape index (κ2) is 40.0. The summed E-state index contributed by atoms with van der Waals surface area (Å²) in [6.45, 7) is 39.5. The molecule has 12 nitrogen and oxygen atoms in total. The molecule has 0 aromatic heterocycles. The first-order valence-corrected chi connectivity index (χ1v) is 54.5. The average Bonchev–Trinajstić information content (AvgIpc) is 1.61. The smallest absolute Gasteiger partial charge is 0.363 e. The molecule has 692 valence electrons. The summed E-state index contributed by atoms with van der Waals surface area (Å²) >= 11 is 0. The molecule has 19 heteroatoms. The van der Waals surface area contributed by atoms with Gasteiger partial charge in [-0.2, -0.15) is 8.78 Å². The van der Waals surface area contributed by atoms with Crippen LogP contribution in [-0.4, -0.2) is 123 Å². The molecule has 124 heavy (non-hydrogen) atoms. The van der Waals surface area contributed by atoms with E-state index in [1.165, 1.54) is 121 Å². The summed E-state index contributed by atoms with van der Waals surface area (Å²) < 4.78 is 135. The SMILES string of the molecule is C=C1CC[C@H](O)C/C1=C/C=C1\CCC[C@]2(C)C(C(C)/C=C/C(C)(C)S(C)(=O)=O)CC[C@@H]12.C=C1CC[C@H](O)C/C1=C/C=C1\CCC[C@]2(C)C(C(C)/C=C/[C@](C)(F)S(C)(=O)=O)CC[C@@H]12.C=C1CC[C@H](O)C/C1=C/C=C1\CCC[C@]2(C)C([C@H](C)/C=C/C(F)(F)S(C)(=O)=O)=CC[C@@H]12.C=C1CC[C@H](O)C/C1=C/C=C1\CCC[C@]2(C)C([C@H](C)/C=C/C3(S(C)(=O)=O)CC3)CC[C@@H]12. The number of allylic oxidation sites excluding steroid dienone is 22. The van der Waals surface area contributed by atoms with Crippen LogP contribution in [0.3, 0.4) is 0 Å². The molecule has 5 unspecified atom stereocenters. The first kappa shape index (κ1) is 101. The summed E-state index contributed by atoms with van der Waals surface area (Å²) in [4.78, 5) is 0. The van der Waals surface area contributed by atoms with Crippen LogP contribution in [0, 0.1) is 86.8 Å². The molecule has 0 bridgehead atoms. The van der Waals surface area contributed by atoms with Gasteiger partial charge in [-0.1, -0.05) is 223 Å². The van der Waals surface area contributed by atoms with E-state index in [2.05, 4.69) is 142 Å². The van der Waals surface area contributed by atoms with Gasteiger partial charge in [0.1, 0.15) is 0 Å². The van der Waals surface area contributed by atoms with E-state index in [0.29, 0.717) is 78.4 Å². The summed E-state index contributed by atoms with van der Waals surface area (Å²) in [6.07, 6.45) is 69.2. The van der Waals surface area contributed by atoms with E-state index in [1.54, 1.807) is 31.1 Å². The van der Waals surface area contributed by atoms with Crippen molar-refractivity contribution in [1.82, 2.24) is 0 Å². The van der Waals surface area contributed by atoms with Crippen molar-refractivity contribution in [3.8, 4) is 0 Å². The van der Waals surface area contributed by atoms with Crippen molar-refractivity contribution in [3.05, 3.63) is 202 Å². The highest BCUT2D eigenvalue weighted by molar-refractivity contribution is 7.93. The van der Waals surface area contributed by atoms with E-state index >= 15 is 0 Å². The van der Waals surface area contributed by atoms with Gasteiger partial charge in [-0.15, -0.1) is 0 Å². The van der Waals surface area contributed by atoms with Crippen molar-refractivity contribution >= 4 is 39.3 Å². The van der Waals surface area contributed by atoms with Crippen LogP contribution in [0.5, 0.6) is 0 Å². The molecular formula is C105H155F3O12S4. The Kier molecular flexibility index (Phi) is 32.6. The molecule has 12 fully saturated rings. The molecule has 0 aliphatic heterocycles. The highest BCUT2D eigenvalue weighted by Gasteiger charge is 2.55. The number of hydrogen-bond donors (Lipinski definition) is 4. The number of hydrogen-bond acceptors (Lipinski definition) is 12. The zero-order chi connectivity index (χ0) is 91.5. The maximum atomic E-state index is 14.6. The molecule has 4 N–H and O–H groups in total. The van der Waals surface area contributed by atoms with E-state index in [9.17, 15) is 67.3 Å². The van der Waals surface area contributed by atoms with Crippen LogP contribution >= 0.6 is 0 Å². The van der Waals surface area contributed by atoms with Crippen molar-refractivity contribution in [2.75, 3.05) is 25.0 Å². The first-order chi connectivity index (χ1) is 57.6. The summed E-state index contributed by atoms with van der Waals surface area (Å²) in [6, 6.07) is 0. The molecule has 0 spiro atoms. The van der Waals surface area contributed by atoms with Gasteiger partial charge in [0.05, 0.1) is 33.9 Å². The van der Waals surface area contributed by atoms with Crippen LogP contribution in [0.2, 0.25) is 0 Å². The fourth-order valence-electron chi connectivity index (χ4n) is 24.5. The zero-order valence-electron chi connectivity index (χ0n) is 78.0. The first-order valence-electron chi connectivity index (χ1n) is 47.0. The van der Waals surface area contributed by atoms with Gasteiger partial charge in [0.15, 0.2) is 29.5 Å². The van der Waals surface area contributed by atoms with Gasteiger partial charge in [0.2, 0.25) is 14.8 Å². The lowest BCUT2D eigenvalue weighted by Crippen LogP contribution is -2.36. The average molecular weight is 1790 g/mol. The van der Waals surface area contributed by atoms with Crippen LogP contribution in [-0.2, 0) is 39.3 Å². The molecule has 0 radical (unpaired) electrons. The normalized spacial score (nSPS) is 36.8. The van der Waals surface area contributed by atoms with E-state index in [1.807, 2.05) is 19.1 Å². The summed E-state index contributed by atoms with van der Waals surface area (Å²) in [5.74, 6) is 4.27. The highest BCUT2D eigenvalue weighted by atomic mass is 32.2. The topological polar surface area (TPSA) is 217 Å². The van der Waals surface area contributed by atoms with Gasteiger partial charge in [-0.3, -0.25) is 0 Å². The Morgan fingerprint density at radius 3 is 1.06 bits per heavy atom. The molecule has 0 amide bonds. The largest absolute Gasteiger partial charge is 0.393 e. The van der Waals surface area contributed by atoms with E-state index in [4.69, 9.17) is 0 Å². The Bertz CT molecular complexity index is 4440. The Hall–Kier alpha value is -4.99. The van der Waals surface area contributed by atoms with Crippen molar-refractivity contribution in [2.24, 2.45) is 86.8 Å². The molecule has 13 aliphatic carbocycles. The molecule has 20 atom stereocenters. The third-order valence-corrected chi connectivity index (χ3v) is 40.1. The molecule has 13 rings (SSSR count). The minimum absolute atomic E-state index is 0.115. The van der Waals surface area contributed by atoms with Crippen molar-refractivity contribution in [2.45, 2.75) is 332 Å². The lowest BCUT2D eigenvalue weighted by Gasteiger charge is -2.44. The number of sulfone groups is 4. The molecule has 13 aliphatic rings. The molecule has 0 aromatic carbocycles. The van der Waals surface area contributed by atoms with Crippen LogP contribution < -0.4 is 0 Å². The maximum Gasteiger partial charge on any atom is 0.363 e. The number of aliphatic hydroxyl groups is 4. The van der Waals surface area contributed by atoms with Crippen LogP contribution in [0.4, 0.5) is 13.2 Å². The van der Waals surface area contributed by atoms with Crippen LogP contribution in [0.1, 0.15) is 288 Å².